The van der Waals surface area contributed by atoms with Crippen molar-refractivity contribution in [2.45, 2.75) is 12.5 Å². The Kier molecular flexibility index (Phi) is 2.73. The van der Waals surface area contributed by atoms with E-state index in [-0.39, 0.29) is 6.10 Å². The standard InChI is InChI=1S/C10H13N3O2/c11-13-10(14)12-6-8-5-7-3-1-2-4-9(7)15-8/h1-4,8H,5-6,11H2,(H2,12,13,14). The lowest BCUT2D eigenvalue weighted by atomic mass is 10.1. The van der Waals surface area contributed by atoms with Gasteiger partial charge in [0.05, 0.1) is 6.54 Å². The molecule has 4 N–H and O–H groups in total. The molecule has 0 radical (unpaired) electrons. The number of benzene rings is 1. The highest BCUT2D eigenvalue weighted by molar-refractivity contribution is 5.73. The van der Waals surface area contributed by atoms with Crippen molar-refractivity contribution in [2.24, 2.45) is 5.84 Å². The van der Waals surface area contributed by atoms with Gasteiger partial charge in [0, 0.05) is 6.42 Å². The average Bonchev–Trinajstić information content (AvgIpc) is 2.68. The molecular weight excluding hydrogens is 194 g/mol. The molecule has 0 aromatic heterocycles. The van der Waals surface area contributed by atoms with Crippen LogP contribution in [0, 0.1) is 0 Å². The van der Waals surface area contributed by atoms with Crippen molar-refractivity contribution in [1.82, 2.24) is 10.7 Å². The van der Waals surface area contributed by atoms with Gasteiger partial charge in [-0.25, -0.2) is 10.6 Å². The molecule has 0 saturated heterocycles. The van der Waals surface area contributed by atoms with Crippen LogP contribution in [0.15, 0.2) is 24.3 Å². The molecule has 0 spiro atoms. The highest BCUT2D eigenvalue weighted by Gasteiger charge is 2.22. The van der Waals surface area contributed by atoms with E-state index in [1.807, 2.05) is 29.7 Å². The molecule has 1 heterocycles. The van der Waals surface area contributed by atoms with Crippen LogP contribution in [-0.4, -0.2) is 18.7 Å². The number of para-hydroxylation sites is 1. The van der Waals surface area contributed by atoms with Crippen molar-refractivity contribution >= 4 is 6.03 Å². The monoisotopic (exact) mass is 207 g/mol. The van der Waals surface area contributed by atoms with Crippen molar-refractivity contribution in [2.75, 3.05) is 6.54 Å². The van der Waals surface area contributed by atoms with Gasteiger partial charge in [-0.15, -0.1) is 0 Å². The Balaban J connectivity index is 1.88. The van der Waals surface area contributed by atoms with Gasteiger partial charge in [0.1, 0.15) is 11.9 Å². The first kappa shape index (κ1) is 9.79. The molecule has 1 aliphatic heterocycles. The summed E-state index contributed by atoms with van der Waals surface area (Å²) in [6.07, 6.45) is 0.820. The zero-order chi connectivity index (χ0) is 10.7. The van der Waals surface area contributed by atoms with Gasteiger partial charge in [0.2, 0.25) is 0 Å². The Labute approximate surface area is 87.6 Å². The number of amides is 2. The van der Waals surface area contributed by atoms with E-state index in [9.17, 15) is 4.79 Å². The first-order chi connectivity index (χ1) is 7.29. The van der Waals surface area contributed by atoms with Crippen molar-refractivity contribution in [3.63, 3.8) is 0 Å². The molecule has 0 bridgehead atoms. The van der Waals surface area contributed by atoms with Crippen LogP contribution in [0.5, 0.6) is 5.75 Å². The Bertz CT molecular complexity index is 342. The number of hydrazine groups is 1. The van der Waals surface area contributed by atoms with Gasteiger partial charge in [0.25, 0.3) is 0 Å². The van der Waals surface area contributed by atoms with Crippen molar-refractivity contribution in [3.8, 4) is 5.75 Å². The van der Waals surface area contributed by atoms with Gasteiger partial charge in [0.15, 0.2) is 0 Å². The van der Waals surface area contributed by atoms with Crippen LogP contribution in [0.1, 0.15) is 5.56 Å². The van der Waals surface area contributed by atoms with Crippen LogP contribution in [0.4, 0.5) is 4.79 Å². The zero-order valence-corrected chi connectivity index (χ0v) is 8.19. The molecule has 2 amide bonds. The summed E-state index contributed by atoms with van der Waals surface area (Å²) in [5, 5.41) is 2.61. The van der Waals surface area contributed by atoms with Gasteiger partial charge in [-0.1, -0.05) is 18.2 Å². The summed E-state index contributed by atoms with van der Waals surface area (Å²) in [5.41, 5.74) is 3.18. The minimum absolute atomic E-state index is 0.000278. The molecule has 15 heavy (non-hydrogen) atoms. The van der Waals surface area contributed by atoms with E-state index < -0.39 is 6.03 Å². The summed E-state index contributed by atoms with van der Waals surface area (Å²) < 4.78 is 5.62. The first-order valence-electron chi connectivity index (χ1n) is 4.78. The van der Waals surface area contributed by atoms with Crippen LogP contribution >= 0.6 is 0 Å². The molecule has 1 aromatic rings. The first-order valence-corrected chi connectivity index (χ1v) is 4.78. The summed E-state index contributed by atoms with van der Waals surface area (Å²) in [4.78, 5) is 10.8. The molecule has 1 atom stereocenters. The average molecular weight is 207 g/mol. The maximum atomic E-state index is 10.8. The SMILES string of the molecule is NNC(=O)NCC1Cc2ccccc2O1. The molecule has 0 fully saturated rings. The van der Waals surface area contributed by atoms with Gasteiger partial charge >= 0.3 is 6.03 Å². The number of fused-ring (bicyclic) bond motifs is 1. The fourth-order valence-electron chi connectivity index (χ4n) is 1.63. The Morgan fingerprint density at radius 2 is 2.33 bits per heavy atom. The largest absolute Gasteiger partial charge is 0.488 e. The Hall–Kier alpha value is -1.75. The molecule has 1 unspecified atom stereocenters. The van der Waals surface area contributed by atoms with Crippen LogP contribution in [0.3, 0.4) is 0 Å². The van der Waals surface area contributed by atoms with E-state index >= 15 is 0 Å². The number of carbonyl (C=O) groups is 1. The molecule has 5 heteroatoms. The smallest absolute Gasteiger partial charge is 0.329 e. The van der Waals surface area contributed by atoms with E-state index in [1.54, 1.807) is 0 Å². The number of hydrogen-bond acceptors (Lipinski definition) is 3. The van der Waals surface area contributed by atoms with E-state index in [0.29, 0.717) is 6.54 Å². The quantitative estimate of drug-likeness (QED) is 0.367. The number of urea groups is 1. The van der Waals surface area contributed by atoms with Crippen molar-refractivity contribution < 1.29 is 9.53 Å². The fraction of sp³-hybridized carbons (Fsp3) is 0.300. The molecule has 1 aliphatic rings. The normalized spacial score (nSPS) is 17.8. The topological polar surface area (TPSA) is 76.4 Å². The third-order valence-electron chi connectivity index (χ3n) is 2.34. The predicted octanol–water partition coefficient (Wildman–Crippen LogP) is 0.163. The highest BCUT2D eigenvalue weighted by atomic mass is 16.5. The zero-order valence-electron chi connectivity index (χ0n) is 8.19. The van der Waals surface area contributed by atoms with Crippen molar-refractivity contribution in [3.05, 3.63) is 29.8 Å². The van der Waals surface area contributed by atoms with Crippen LogP contribution < -0.4 is 21.3 Å². The molecule has 5 nitrogen and oxygen atoms in total. The minimum atomic E-state index is -0.394. The number of nitrogens with one attached hydrogen (secondary N) is 2. The Morgan fingerprint density at radius 3 is 3.07 bits per heavy atom. The predicted molar refractivity (Wildman–Crippen MR) is 55.3 cm³/mol. The van der Waals surface area contributed by atoms with Gasteiger partial charge in [-0.05, 0) is 11.6 Å². The van der Waals surface area contributed by atoms with Crippen LogP contribution in [0.2, 0.25) is 0 Å². The maximum Gasteiger partial charge on any atom is 0.329 e. The van der Waals surface area contributed by atoms with Gasteiger partial charge in [-0.3, -0.25) is 5.43 Å². The third-order valence-corrected chi connectivity index (χ3v) is 2.34. The molecule has 0 saturated carbocycles. The lowest BCUT2D eigenvalue weighted by molar-refractivity contribution is 0.214. The summed E-state index contributed by atoms with van der Waals surface area (Å²) in [6, 6.07) is 7.47. The van der Waals surface area contributed by atoms with Crippen LogP contribution in [-0.2, 0) is 6.42 Å². The highest BCUT2D eigenvalue weighted by Crippen LogP contribution is 2.27. The summed E-state index contributed by atoms with van der Waals surface area (Å²) in [7, 11) is 0. The third kappa shape index (κ3) is 2.19. The molecule has 0 aliphatic carbocycles. The number of nitrogens with two attached hydrogens (primary N) is 1. The second-order valence-corrected chi connectivity index (χ2v) is 3.41. The van der Waals surface area contributed by atoms with E-state index in [1.165, 1.54) is 5.56 Å². The second kappa shape index (κ2) is 4.18. The number of ether oxygens (including phenoxy) is 1. The molecular formula is C10H13N3O2. The number of carbonyl (C=O) groups excluding carboxylic acids is 1. The summed E-state index contributed by atoms with van der Waals surface area (Å²) in [6.45, 7) is 0.456. The maximum absolute atomic E-state index is 10.8. The van der Waals surface area contributed by atoms with Gasteiger partial charge < -0.3 is 10.1 Å². The second-order valence-electron chi connectivity index (χ2n) is 3.41. The lowest BCUT2D eigenvalue weighted by Crippen LogP contribution is -2.43. The van der Waals surface area contributed by atoms with E-state index in [4.69, 9.17) is 10.6 Å². The Morgan fingerprint density at radius 1 is 1.53 bits per heavy atom. The number of hydrogen-bond donors (Lipinski definition) is 3. The summed E-state index contributed by atoms with van der Waals surface area (Å²) in [5.74, 6) is 5.84. The van der Waals surface area contributed by atoms with Crippen LogP contribution in [0.25, 0.3) is 0 Å². The molecule has 2 rings (SSSR count). The van der Waals surface area contributed by atoms with Crippen molar-refractivity contribution in [1.29, 1.82) is 0 Å². The minimum Gasteiger partial charge on any atom is -0.488 e. The van der Waals surface area contributed by atoms with Gasteiger partial charge in [-0.2, -0.15) is 0 Å². The lowest BCUT2D eigenvalue weighted by Gasteiger charge is -2.11. The molecule has 1 aromatic carbocycles. The van der Waals surface area contributed by atoms with E-state index in [0.717, 1.165) is 12.2 Å². The van der Waals surface area contributed by atoms with E-state index in [2.05, 4.69) is 5.32 Å². The molecule has 80 valence electrons. The summed E-state index contributed by atoms with van der Waals surface area (Å²) >= 11 is 0. The fourth-order valence-corrected chi connectivity index (χ4v) is 1.63. The number of rotatable bonds is 2.